The van der Waals surface area contributed by atoms with E-state index in [1.165, 1.54) is 11.5 Å². The third-order valence-corrected chi connectivity index (χ3v) is 5.04. The number of aromatic nitrogens is 2. The molecule has 1 atom stereocenters. The van der Waals surface area contributed by atoms with E-state index in [0.717, 1.165) is 56.4 Å². The van der Waals surface area contributed by atoms with E-state index in [0.29, 0.717) is 6.04 Å². The highest BCUT2D eigenvalue weighted by Crippen LogP contribution is 2.21. The molecule has 1 saturated heterocycles. The fourth-order valence-electron chi connectivity index (χ4n) is 2.65. The van der Waals surface area contributed by atoms with Crippen molar-refractivity contribution in [3.63, 3.8) is 0 Å². The molecule has 6 nitrogen and oxygen atoms in total. The normalized spacial score (nSPS) is 21.9. The molecule has 2 fully saturated rings. The number of carbonyl (C=O) groups is 1. The summed E-state index contributed by atoms with van der Waals surface area (Å²) in [4.78, 5) is 21.2. The zero-order chi connectivity index (χ0) is 14.8. The lowest BCUT2D eigenvalue weighted by molar-refractivity contribution is -0.125. The van der Waals surface area contributed by atoms with E-state index < -0.39 is 0 Å². The molecule has 7 heteroatoms. The number of nitrogens with zero attached hydrogens (tertiary/aromatic N) is 4. The van der Waals surface area contributed by atoms with Gasteiger partial charge in [-0.1, -0.05) is 0 Å². The average molecular weight is 309 g/mol. The quantitative estimate of drug-likeness (QED) is 0.900. The van der Waals surface area contributed by atoms with E-state index in [9.17, 15) is 4.79 Å². The second kappa shape index (κ2) is 6.27. The van der Waals surface area contributed by atoms with Crippen LogP contribution in [0.25, 0.3) is 0 Å². The van der Waals surface area contributed by atoms with Crippen molar-refractivity contribution in [1.82, 2.24) is 19.6 Å². The minimum atomic E-state index is -0.0401. The maximum absolute atomic E-state index is 12.2. The van der Waals surface area contributed by atoms with Crippen molar-refractivity contribution in [2.75, 3.05) is 31.1 Å². The highest BCUT2D eigenvalue weighted by atomic mass is 32.1. The Labute approximate surface area is 129 Å². The van der Waals surface area contributed by atoms with Gasteiger partial charge in [0.15, 0.2) is 0 Å². The molecule has 0 spiro atoms. The van der Waals surface area contributed by atoms with E-state index in [-0.39, 0.29) is 11.9 Å². The maximum atomic E-state index is 12.2. The van der Waals surface area contributed by atoms with Gasteiger partial charge in [-0.2, -0.15) is 4.37 Å². The number of anilines is 1. The van der Waals surface area contributed by atoms with Crippen LogP contribution in [-0.2, 0) is 4.79 Å². The molecule has 0 bridgehead atoms. The van der Waals surface area contributed by atoms with Crippen molar-refractivity contribution in [3.05, 3.63) is 5.82 Å². The van der Waals surface area contributed by atoms with E-state index in [1.54, 1.807) is 0 Å². The van der Waals surface area contributed by atoms with Gasteiger partial charge < -0.3 is 10.2 Å². The van der Waals surface area contributed by atoms with Crippen LogP contribution in [0.15, 0.2) is 0 Å². The first-order valence-corrected chi connectivity index (χ1v) is 8.50. The number of carbonyl (C=O) groups excluding carboxylic acids is 1. The molecule has 0 radical (unpaired) electrons. The summed E-state index contributed by atoms with van der Waals surface area (Å²) >= 11 is 1.46. The number of rotatable bonds is 4. The fourth-order valence-corrected chi connectivity index (χ4v) is 3.37. The highest BCUT2D eigenvalue weighted by Gasteiger charge is 2.29. The van der Waals surface area contributed by atoms with Gasteiger partial charge in [0.05, 0.1) is 6.04 Å². The Morgan fingerprint density at radius 1 is 1.33 bits per heavy atom. The predicted molar refractivity (Wildman–Crippen MR) is 83.7 cm³/mol. The second-order valence-electron chi connectivity index (χ2n) is 5.96. The minimum Gasteiger partial charge on any atom is -0.352 e. The van der Waals surface area contributed by atoms with Crippen LogP contribution in [0.1, 0.15) is 32.0 Å². The SMILES string of the molecule is Cc1nsc(N2CCCN(C(C)C(=O)NC3CC3)CC2)n1. The Bertz CT molecular complexity index is 501. The highest BCUT2D eigenvalue weighted by molar-refractivity contribution is 7.09. The average Bonchev–Trinajstić information content (AvgIpc) is 3.22. The van der Waals surface area contributed by atoms with Crippen molar-refractivity contribution in [1.29, 1.82) is 0 Å². The van der Waals surface area contributed by atoms with Crippen LogP contribution in [0.5, 0.6) is 0 Å². The topological polar surface area (TPSA) is 61.4 Å². The molecule has 1 amide bonds. The summed E-state index contributed by atoms with van der Waals surface area (Å²) in [5, 5.41) is 4.11. The molecule has 1 aliphatic carbocycles. The Morgan fingerprint density at radius 3 is 2.81 bits per heavy atom. The molecular weight excluding hydrogens is 286 g/mol. The number of hydrogen-bond acceptors (Lipinski definition) is 6. The van der Waals surface area contributed by atoms with Crippen LogP contribution in [-0.4, -0.2) is 58.4 Å². The molecule has 1 aliphatic heterocycles. The molecule has 1 N–H and O–H groups in total. The molecule has 1 aromatic rings. The molecule has 116 valence electrons. The van der Waals surface area contributed by atoms with Crippen LogP contribution < -0.4 is 10.2 Å². The fraction of sp³-hybridized carbons (Fsp3) is 0.786. The van der Waals surface area contributed by atoms with Gasteiger partial charge in [-0.3, -0.25) is 9.69 Å². The lowest BCUT2D eigenvalue weighted by atomic mass is 10.2. The summed E-state index contributed by atoms with van der Waals surface area (Å²) in [5.41, 5.74) is 0. The Hall–Kier alpha value is -1.21. The van der Waals surface area contributed by atoms with Gasteiger partial charge >= 0.3 is 0 Å². The van der Waals surface area contributed by atoms with Gasteiger partial charge in [0.2, 0.25) is 11.0 Å². The number of hydrogen-bond donors (Lipinski definition) is 1. The molecule has 1 saturated carbocycles. The molecule has 1 unspecified atom stereocenters. The maximum Gasteiger partial charge on any atom is 0.237 e. The molecule has 0 aromatic carbocycles. The molecular formula is C14H23N5OS. The van der Waals surface area contributed by atoms with E-state index in [2.05, 4.69) is 24.5 Å². The first-order valence-electron chi connectivity index (χ1n) is 7.73. The summed E-state index contributed by atoms with van der Waals surface area (Å²) in [6.07, 6.45) is 3.34. The molecule has 2 aliphatic rings. The first-order chi connectivity index (χ1) is 10.1. The number of aryl methyl sites for hydroxylation is 1. The van der Waals surface area contributed by atoms with Gasteiger partial charge in [-0.15, -0.1) is 0 Å². The summed E-state index contributed by atoms with van der Waals surface area (Å²) in [6.45, 7) is 7.71. The monoisotopic (exact) mass is 309 g/mol. The lowest BCUT2D eigenvalue weighted by Gasteiger charge is -2.26. The molecule has 1 aromatic heterocycles. The van der Waals surface area contributed by atoms with Gasteiger partial charge in [0, 0.05) is 43.8 Å². The van der Waals surface area contributed by atoms with Crippen molar-refractivity contribution >= 4 is 22.6 Å². The smallest absolute Gasteiger partial charge is 0.237 e. The van der Waals surface area contributed by atoms with E-state index in [4.69, 9.17) is 0 Å². The van der Waals surface area contributed by atoms with Crippen molar-refractivity contribution in [3.8, 4) is 0 Å². The van der Waals surface area contributed by atoms with E-state index in [1.807, 2.05) is 13.8 Å². The van der Waals surface area contributed by atoms with Gasteiger partial charge in [0.25, 0.3) is 0 Å². The Morgan fingerprint density at radius 2 is 2.14 bits per heavy atom. The summed E-state index contributed by atoms with van der Waals surface area (Å²) in [7, 11) is 0. The molecule has 2 heterocycles. The van der Waals surface area contributed by atoms with Crippen LogP contribution in [0.4, 0.5) is 5.13 Å². The summed E-state index contributed by atoms with van der Waals surface area (Å²) in [6, 6.07) is 0.398. The van der Waals surface area contributed by atoms with Crippen LogP contribution >= 0.6 is 11.5 Å². The third-order valence-electron chi connectivity index (χ3n) is 4.17. The van der Waals surface area contributed by atoms with Crippen molar-refractivity contribution in [2.45, 2.75) is 45.2 Å². The number of nitrogens with one attached hydrogen (secondary N) is 1. The zero-order valence-electron chi connectivity index (χ0n) is 12.7. The van der Waals surface area contributed by atoms with Gasteiger partial charge in [0.1, 0.15) is 5.82 Å². The van der Waals surface area contributed by atoms with Crippen LogP contribution in [0, 0.1) is 6.92 Å². The van der Waals surface area contributed by atoms with Crippen molar-refractivity contribution < 1.29 is 4.79 Å². The standard InChI is InChI=1S/C14H23N5OS/c1-10(13(20)16-12-4-5-12)18-6-3-7-19(9-8-18)14-15-11(2)17-21-14/h10,12H,3-9H2,1-2H3,(H,16,20). The minimum absolute atomic E-state index is 0.0401. The molecule has 21 heavy (non-hydrogen) atoms. The van der Waals surface area contributed by atoms with E-state index >= 15 is 0 Å². The summed E-state index contributed by atoms with van der Waals surface area (Å²) in [5.74, 6) is 1.02. The lowest BCUT2D eigenvalue weighted by Crippen LogP contribution is -2.47. The van der Waals surface area contributed by atoms with Crippen molar-refractivity contribution in [2.24, 2.45) is 0 Å². The second-order valence-corrected chi connectivity index (χ2v) is 6.69. The predicted octanol–water partition coefficient (Wildman–Crippen LogP) is 1.03. The third kappa shape index (κ3) is 3.71. The largest absolute Gasteiger partial charge is 0.352 e. The van der Waals surface area contributed by atoms with Crippen LogP contribution in [0.3, 0.4) is 0 Å². The van der Waals surface area contributed by atoms with Gasteiger partial charge in [-0.05, 0) is 33.1 Å². The van der Waals surface area contributed by atoms with Crippen LogP contribution in [0.2, 0.25) is 0 Å². The first kappa shape index (κ1) is 14.7. The Balaban J connectivity index is 1.55. The molecule has 3 rings (SSSR count). The zero-order valence-corrected chi connectivity index (χ0v) is 13.5. The Kier molecular flexibility index (Phi) is 4.40. The van der Waals surface area contributed by atoms with Gasteiger partial charge in [-0.25, -0.2) is 4.98 Å². The summed E-state index contributed by atoms with van der Waals surface area (Å²) < 4.78 is 4.26. The number of amides is 1.